The molecule has 2 rings (SSSR count). The summed E-state index contributed by atoms with van der Waals surface area (Å²) in [7, 11) is 1.67. The van der Waals surface area contributed by atoms with Gasteiger partial charge in [0.05, 0.1) is 13.2 Å². The molecule has 0 bridgehead atoms. The highest BCUT2D eigenvalue weighted by molar-refractivity contribution is 5.37. The minimum absolute atomic E-state index is 0.327. The Bertz CT molecular complexity index is 342. The second kappa shape index (κ2) is 4.23. The van der Waals surface area contributed by atoms with Crippen LogP contribution in [0.25, 0.3) is 0 Å². The van der Waals surface area contributed by atoms with Crippen LogP contribution in [-0.4, -0.2) is 12.2 Å². The molecule has 1 atom stereocenters. The zero-order valence-corrected chi connectivity index (χ0v) is 9.36. The largest absolute Gasteiger partial charge is 0.496 e. The quantitative estimate of drug-likeness (QED) is 0.820. The van der Waals surface area contributed by atoms with E-state index in [4.69, 9.17) is 4.74 Å². The summed E-state index contributed by atoms with van der Waals surface area (Å²) in [5.74, 6) is 1.61. The van der Waals surface area contributed by atoms with Gasteiger partial charge in [0.15, 0.2) is 0 Å². The average molecular weight is 206 g/mol. The Morgan fingerprint density at radius 3 is 2.80 bits per heavy atom. The highest BCUT2D eigenvalue weighted by atomic mass is 16.5. The maximum absolute atomic E-state index is 9.99. The molecule has 0 spiro atoms. The van der Waals surface area contributed by atoms with Gasteiger partial charge in [-0.15, -0.1) is 0 Å². The molecule has 1 aromatic rings. The van der Waals surface area contributed by atoms with E-state index in [0.29, 0.717) is 0 Å². The van der Waals surface area contributed by atoms with Gasteiger partial charge < -0.3 is 9.84 Å². The van der Waals surface area contributed by atoms with E-state index in [1.54, 1.807) is 7.11 Å². The molecule has 1 aliphatic carbocycles. The lowest BCUT2D eigenvalue weighted by Gasteiger charge is -2.12. The predicted octanol–water partition coefficient (Wildman–Crippen LogP) is 2.84. The molecule has 1 aromatic carbocycles. The third kappa shape index (κ3) is 2.51. The predicted molar refractivity (Wildman–Crippen MR) is 60.0 cm³/mol. The monoisotopic (exact) mass is 206 g/mol. The van der Waals surface area contributed by atoms with Crippen molar-refractivity contribution in [1.29, 1.82) is 0 Å². The van der Waals surface area contributed by atoms with Crippen molar-refractivity contribution in [2.24, 2.45) is 5.92 Å². The van der Waals surface area contributed by atoms with E-state index in [1.807, 2.05) is 25.1 Å². The molecule has 2 heteroatoms. The van der Waals surface area contributed by atoms with Crippen molar-refractivity contribution in [3.63, 3.8) is 0 Å². The Morgan fingerprint density at radius 1 is 1.47 bits per heavy atom. The fraction of sp³-hybridized carbons (Fsp3) is 0.538. The van der Waals surface area contributed by atoms with Gasteiger partial charge in [0.25, 0.3) is 0 Å². The van der Waals surface area contributed by atoms with Gasteiger partial charge in [0.2, 0.25) is 0 Å². The van der Waals surface area contributed by atoms with Gasteiger partial charge >= 0.3 is 0 Å². The van der Waals surface area contributed by atoms with Crippen molar-refractivity contribution in [2.45, 2.75) is 32.3 Å². The van der Waals surface area contributed by atoms with Crippen LogP contribution in [0, 0.1) is 12.8 Å². The molecular weight excluding hydrogens is 188 g/mol. The number of ether oxygens (including phenoxy) is 1. The van der Waals surface area contributed by atoms with Crippen molar-refractivity contribution >= 4 is 0 Å². The van der Waals surface area contributed by atoms with Gasteiger partial charge in [-0.25, -0.2) is 0 Å². The summed E-state index contributed by atoms with van der Waals surface area (Å²) in [6, 6.07) is 5.94. The third-order valence-electron chi connectivity index (χ3n) is 3.07. The second-order valence-corrected chi connectivity index (χ2v) is 4.42. The first-order valence-electron chi connectivity index (χ1n) is 5.53. The summed E-state index contributed by atoms with van der Waals surface area (Å²) >= 11 is 0. The summed E-state index contributed by atoms with van der Waals surface area (Å²) < 4.78 is 5.25. The lowest BCUT2D eigenvalue weighted by atomic mass is 10.0. The maximum Gasteiger partial charge on any atom is 0.122 e. The first-order valence-corrected chi connectivity index (χ1v) is 5.53. The minimum Gasteiger partial charge on any atom is -0.496 e. The molecule has 0 aliphatic heterocycles. The van der Waals surface area contributed by atoms with Gasteiger partial charge in [-0.2, -0.15) is 0 Å². The molecule has 2 nitrogen and oxygen atoms in total. The molecule has 1 saturated carbocycles. The number of aliphatic hydroxyl groups is 1. The van der Waals surface area contributed by atoms with Gasteiger partial charge in [-0.3, -0.25) is 0 Å². The Kier molecular flexibility index (Phi) is 2.96. The van der Waals surface area contributed by atoms with E-state index in [-0.39, 0.29) is 6.10 Å². The maximum atomic E-state index is 9.99. The number of hydrogen-bond acceptors (Lipinski definition) is 2. The fourth-order valence-corrected chi connectivity index (χ4v) is 1.85. The summed E-state index contributed by atoms with van der Waals surface area (Å²) in [5, 5.41) is 9.99. The van der Waals surface area contributed by atoms with Crippen molar-refractivity contribution in [1.82, 2.24) is 0 Å². The first-order chi connectivity index (χ1) is 7.20. The molecule has 0 heterocycles. The molecule has 0 radical (unpaired) electrons. The van der Waals surface area contributed by atoms with E-state index in [9.17, 15) is 5.11 Å². The van der Waals surface area contributed by atoms with Crippen LogP contribution < -0.4 is 4.74 Å². The van der Waals surface area contributed by atoms with Crippen molar-refractivity contribution in [3.05, 3.63) is 29.3 Å². The van der Waals surface area contributed by atoms with Crippen LogP contribution in [0.1, 0.15) is 36.5 Å². The van der Waals surface area contributed by atoms with Crippen LogP contribution >= 0.6 is 0 Å². The molecule has 1 fully saturated rings. The molecule has 0 aromatic heterocycles. The van der Waals surface area contributed by atoms with Gasteiger partial charge in [-0.1, -0.05) is 25.0 Å². The number of benzene rings is 1. The number of hydrogen-bond donors (Lipinski definition) is 1. The van der Waals surface area contributed by atoms with E-state index in [1.165, 1.54) is 12.8 Å². The zero-order chi connectivity index (χ0) is 10.8. The van der Waals surface area contributed by atoms with E-state index in [2.05, 4.69) is 0 Å². The molecule has 0 amide bonds. The summed E-state index contributed by atoms with van der Waals surface area (Å²) in [6.45, 7) is 2.01. The lowest BCUT2D eigenvalue weighted by Crippen LogP contribution is -1.99. The van der Waals surface area contributed by atoms with Crippen LogP contribution in [0.5, 0.6) is 5.75 Å². The molecule has 1 N–H and O–H groups in total. The molecule has 1 unspecified atom stereocenters. The minimum atomic E-state index is -0.327. The topological polar surface area (TPSA) is 29.5 Å². The number of rotatable bonds is 4. The third-order valence-corrected chi connectivity index (χ3v) is 3.07. The van der Waals surface area contributed by atoms with Crippen molar-refractivity contribution in [2.75, 3.05) is 7.11 Å². The van der Waals surface area contributed by atoms with Crippen LogP contribution in [-0.2, 0) is 0 Å². The normalized spacial score (nSPS) is 17.5. The average Bonchev–Trinajstić information content (AvgIpc) is 3.02. The van der Waals surface area contributed by atoms with Gasteiger partial charge in [-0.05, 0) is 36.5 Å². The highest BCUT2D eigenvalue weighted by Crippen LogP contribution is 2.38. The highest BCUT2D eigenvalue weighted by Gasteiger charge is 2.25. The number of aliphatic hydroxyl groups excluding tert-OH is 1. The van der Waals surface area contributed by atoms with Crippen molar-refractivity contribution < 1.29 is 9.84 Å². The van der Waals surface area contributed by atoms with Crippen LogP contribution in [0.2, 0.25) is 0 Å². The standard InChI is InChI=1S/C13H18O2/c1-9-3-6-11(8-13(9)15-2)12(14)7-10-4-5-10/h3,6,8,10,12,14H,4-5,7H2,1-2H3. The summed E-state index contributed by atoms with van der Waals surface area (Å²) in [5.41, 5.74) is 2.09. The van der Waals surface area contributed by atoms with Crippen molar-refractivity contribution in [3.8, 4) is 5.75 Å². The molecule has 1 aliphatic rings. The Labute approximate surface area is 90.9 Å². The molecule has 0 saturated heterocycles. The second-order valence-electron chi connectivity index (χ2n) is 4.42. The Morgan fingerprint density at radius 2 is 2.20 bits per heavy atom. The smallest absolute Gasteiger partial charge is 0.122 e. The fourth-order valence-electron chi connectivity index (χ4n) is 1.85. The zero-order valence-electron chi connectivity index (χ0n) is 9.36. The lowest BCUT2D eigenvalue weighted by molar-refractivity contribution is 0.160. The molecule has 82 valence electrons. The number of aryl methyl sites for hydroxylation is 1. The van der Waals surface area contributed by atoms with Crippen LogP contribution in [0.15, 0.2) is 18.2 Å². The summed E-state index contributed by atoms with van der Waals surface area (Å²) in [6.07, 6.45) is 3.12. The van der Waals surface area contributed by atoms with E-state index < -0.39 is 0 Å². The van der Waals surface area contributed by atoms with E-state index >= 15 is 0 Å². The Balaban J connectivity index is 2.12. The summed E-state index contributed by atoms with van der Waals surface area (Å²) in [4.78, 5) is 0. The van der Waals surface area contributed by atoms with Gasteiger partial charge in [0.1, 0.15) is 5.75 Å². The SMILES string of the molecule is COc1cc(C(O)CC2CC2)ccc1C. The van der Waals surface area contributed by atoms with Crippen LogP contribution in [0.4, 0.5) is 0 Å². The van der Waals surface area contributed by atoms with Gasteiger partial charge in [0, 0.05) is 0 Å². The molecule has 15 heavy (non-hydrogen) atoms. The first kappa shape index (κ1) is 10.5. The Hall–Kier alpha value is -1.02. The van der Waals surface area contributed by atoms with Crippen LogP contribution in [0.3, 0.4) is 0 Å². The van der Waals surface area contributed by atoms with E-state index in [0.717, 1.165) is 29.2 Å². The number of methoxy groups -OCH3 is 1. The molecular formula is C13H18O2.